The molecular weight excluding hydrogens is 244 g/mol. The SMILES string of the molecule is Cc1nn(C)c(NC2CCC(C)(C)C2)c1C(N)=S. The van der Waals surface area contributed by atoms with Crippen molar-refractivity contribution in [2.24, 2.45) is 18.2 Å². The molecular formula is C13H22N4S. The van der Waals surface area contributed by atoms with Crippen molar-refractivity contribution in [3.05, 3.63) is 11.3 Å². The van der Waals surface area contributed by atoms with Gasteiger partial charge in [0, 0.05) is 13.1 Å². The molecule has 1 aromatic rings. The molecule has 1 aromatic heterocycles. The molecule has 1 unspecified atom stereocenters. The molecule has 18 heavy (non-hydrogen) atoms. The summed E-state index contributed by atoms with van der Waals surface area (Å²) >= 11 is 5.12. The zero-order valence-electron chi connectivity index (χ0n) is 11.6. The van der Waals surface area contributed by atoms with Gasteiger partial charge in [0.15, 0.2) is 0 Å². The first-order chi connectivity index (χ1) is 8.30. The van der Waals surface area contributed by atoms with Gasteiger partial charge in [0.2, 0.25) is 0 Å². The van der Waals surface area contributed by atoms with Gasteiger partial charge in [-0.15, -0.1) is 0 Å². The maximum Gasteiger partial charge on any atom is 0.134 e. The van der Waals surface area contributed by atoms with Gasteiger partial charge in [-0.3, -0.25) is 4.68 Å². The fraction of sp³-hybridized carbons (Fsp3) is 0.692. The number of rotatable bonds is 3. The number of hydrogen-bond acceptors (Lipinski definition) is 3. The van der Waals surface area contributed by atoms with Gasteiger partial charge in [0.25, 0.3) is 0 Å². The Hall–Kier alpha value is -1.10. The standard InChI is InChI=1S/C13H22N4S/c1-8-10(11(14)18)12(17(4)16-8)15-9-5-6-13(2,3)7-9/h9,15H,5-7H2,1-4H3,(H2,14,18). The van der Waals surface area contributed by atoms with Crippen LogP contribution in [0.1, 0.15) is 44.4 Å². The van der Waals surface area contributed by atoms with Crippen LogP contribution >= 0.6 is 12.2 Å². The zero-order valence-corrected chi connectivity index (χ0v) is 12.4. The Balaban J connectivity index is 2.22. The van der Waals surface area contributed by atoms with Crippen molar-refractivity contribution in [3.63, 3.8) is 0 Å². The normalized spacial score (nSPS) is 22.1. The van der Waals surface area contributed by atoms with Crippen molar-refractivity contribution in [2.45, 2.75) is 46.1 Å². The molecule has 1 atom stereocenters. The molecule has 0 saturated heterocycles. The predicted octanol–water partition coefficient (Wildman–Crippen LogP) is 2.35. The van der Waals surface area contributed by atoms with E-state index in [-0.39, 0.29) is 0 Å². The summed E-state index contributed by atoms with van der Waals surface area (Å²) in [4.78, 5) is 0.417. The number of aryl methyl sites for hydroxylation is 2. The fourth-order valence-corrected chi connectivity index (χ4v) is 3.12. The van der Waals surface area contributed by atoms with Crippen LogP contribution in [0.4, 0.5) is 5.82 Å². The number of hydrogen-bond donors (Lipinski definition) is 2. The van der Waals surface area contributed by atoms with Crippen LogP contribution in [-0.4, -0.2) is 20.8 Å². The second-order valence-corrected chi connectivity index (χ2v) is 6.48. The minimum atomic E-state index is 0.417. The Morgan fingerprint density at radius 2 is 2.22 bits per heavy atom. The largest absolute Gasteiger partial charge is 0.389 e. The first-order valence-electron chi connectivity index (χ1n) is 6.40. The Bertz CT molecular complexity index is 476. The van der Waals surface area contributed by atoms with E-state index >= 15 is 0 Å². The van der Waals surface area contributed by atoms with Crippen molar-refractivity contribution in [1.82, 2.24) is 9.78 Å². The third-order valence-electron chi connectivity index (χ3n) is 3.78. The van der Waals surface area contributed by atoms with E-state index in [2.05, 4.69) is 24.3 Å². The molecule has 0 aromatic carbocycles. The molecule has 0 radical (unpaired) electrons. The number of nitrogens with two attached hydrogens (primary N) is 1. The van der Waals surface area contributed by atoms with Crippen LogP contribution in [0, 0.1) is 12.3 Å². The minimum Gasteiger partial charge on any atom is -0.389 e. The Morgan fingerprint density at radius 3 is 2.72 bits per heavy atom. The summed E-state index contributed by atoms with van der Waals surface area (Å²) in [5, 5.41) is 7.97. The minimum absolute atomic E-state index is 0.417. The molecule has 0 bridgehead atoms. The van der Waals surface area contributed by atoms with E-state index in [0.717, 1.165) is 17.1 Å². The summed E-state index contributed by atoms with van der Waals surface area (Å²) in [7, 11) is 1.93. The van der Waals surface area contributed by atoms with Gasteiger partial charge in [-0.1, -0.05) is 26.1 Å². The molecule has 1 aliphatic carbocycles. The molecule has 0 amide bonds. The monoisotopic (exact) mass is 266 g/mol. The van der Waals surface area contributed by atoms with E-state index in [9.17, 15) is 0 Å². The van der Waals surface area contributed by atoms with Crippen LogP contribution in [0.25, 0.3) is 0 Å². The molecule has 3 N–H and O–H groups in total. The topological polar surface area (TPSA) is 55.9 Å². The van der Waals surface area contributed by atoms with Gasteiger partial charge in [0.1, 0.15) is 10.8 Å². The molecule has 2 rings (SSSR count). The molecule has 0 aliphatic heterocycles. The van der Waals surface area contributed by atoms with Gasteiger partial charge >= 0.3 is 0 Å². The smallest absolute Gasteiger partial charge is 0.134 e. The molecule has 4 nitrogen and oxygen atoms in total. The fourth-order valence-electron chi connectivity index (χ4n) is 2.87. The summed E-state index contributed by atoms with van der Waals surface area (Å²) in [5.41, 5.74) is 8.00. The zero-order chi connectivity index (χ0) is 13.5. The maximum atomic E-state index is 5.79. The van der Waals surface area contributed by atoms with Crippen LogP contribution in [-0.2, 0) is 7.05 Å². The molecule has 1 heterocycles. The number of anilines is 1. The average Bonchev–Trinajstić information content (AvgIpc) is 2.68. The third kappa shape index (κ3) is 2.51. The lowest BCUT2D eigenvalue weighted by Gasteiger charge is -2.19. The quantitative estimate of drug-likeness (QED) is 0.825. The van der Waals surface area contributed by atoms with E-state index in [1.807, 2.05) is 18.7 Å². The van der Waals surface area contributed by atoms with E-state index in [0.29, 0.717) is 16.4 Å². The number of nitrogens with zero attached hydrogens (tertiary/aromatic N) is 2. The lowest BCUT2D eigenvalue weighted by atomic mass is 9.92. The molecule has 1 aliphatic rings. The second kappa shape index (κ2) is 4.53. The molecule has 5 heteroatoms. The van der Waals surface area contributed by atoms with Gasteiger partial charge < -0.3 is 11.1 Å². The van der Waals surface area contributed by atoms with E-state index in [4.69, 9.17) is 18.0 Å². The van der Waals surface area contributed by atoms with Gasteiger partial charge in [0.05, 0.1) is 11.3 Å². The van der Waals surface area contributed by atoms with E-state index < -0.39 is 0 Å². The maximum absolute atomic E-state index is 5.79. The van der Waals surface area contributed by atoms with Crippen molar-refractivity contribution < 1.29 is 0 Å². The molecule has 1 fully saturated rings. The van der Waals surface area contributed by atoms with Crippen LogP contribution in [0.3, 0.4) is 0 Å². The van der Waals surface area contributed by atoms with Crippen molar-refractivity contribution in [3.8, 4) is 0 Å². The highest BCUT2D eigenvalue weighted by Crippen LogP contribution is 2.38. The van der Waals surface area contributed by atoms with Gasteiger partial charge in [-0.05, 0) is 31.6 Å². The predicted molar refractivity (Wildman–Crippen MR) is 78.9 cm³/mol. The van der Waals surface area contributed by atoms with E-state index in [1.54, 1.807) is 0 Å². The number of aromatic nitrogens is 2. The average molecular weight is 266 g/mol. The molecule has 1 saturated carbocycles. The Labute approximate surface area is 114 Å². The first kappa shape index (κ1) is 13.3. The summed E-state index contributed by atoms with van der Waals surface area (Å²) in [6.45, 7) is 6.58. The number of thiocarbonyl (C=S) groups is 1. The van der Waals surface area contributed by atoms with Crippen LogP contribution < -0.4 is 11.1 Å². The molecule has 100 valence electrons. The number of nitrogens with one attached hydrogen (secondary N) is 1. The van der Waals surface area contributed by atoms with Gasteiger partial charge in [-0.25, -0.2) is 0 Å². The highest BCUT2D eigenvalue weighted by atomic mass is 32.1. The lowest BCUT2D eigenvalue weighted by Crippen LogP contribution is -2.22. The van der Waals surface area contributed by atoms with Crippen molar-refractivity contribution in [1.29, 1.82) is 0 Å². The van der Waals surface area contributed by atoms with Gasteiger partial charge in [-0.2, -0.15) is 5.10 Å². The second-order valence-electron chi connectivity index (χ2n) is 6.05. The third-order valence-corrected chi connectivity index (χ3v) is 3.98. The lowest BCUT2D eigenvalue weighted by molar-refractivity contribution is 0.378. The Morgan fingerprint density at radius 1 is 1.56 bits per heavy atom. The Kier molecular flexibility index (Phi) is 3.36. The molecule has 0 spiro atoms. The summed E-state index contributed by atoms with van der Waals surface area (Å²) in [6, 6.07) is 0.489. The first-order valence-corrected chi connectivity index (χ1v) is 6.81. The van der Waals surface area contributed by atoms with Crippen LogP contribution in [0.15, 0.2) is 0 Å². The summed E-state index contributed by atoms with van der Waals surface area (Å²) in [6.07, 6.45) is 3.62. The van der Waals surface area contributed by atoms with Crippen LogP contribution in [0.2, 0.25) is 0 Å². The summed E-state index contributed by atoms with van der Waals surface area (Å²) < 4.78 is 1.84. The van der Waals surface area contributed by atoms with Crippen molar-refractivity contribution >= 4 is 23.0 Å². The van der Waals surface area contributed by atoms with E-state index in [1.165, 1.54) is 19.3 Å². The van der Waals surface area contributed by atoms with Crippen LogP contribution in [0.5, 0.6) is 0 Å². The van der Waals surface area contributed by atoms with Crippen molar-refractivity contribution in [2.75, 3.05) is 5.32 Å². The highest BCUT2D eigenvalue weighted by molar-refractivity contribution is 7.80. The summed E-state index contributed by atoms with van der Waals surface area (Å²) in [5.74, 6) is 0.961. The highest BCUT2D eigenvalue weighted by Gasteiger charge is 2.32.